The molecule has 1 aliphatic heterocycles. The number of rotatable bonds is 1. The van der Waals surface area contributed by atoms with Crippen molar-refractivity contribution in [3.05, 3.63) is 42.5 Å². The minimum absolute atomic E-state index is 0.988. The van der Waals surface area contributed by atoms with E-state index in [-0.39, 0.29) is 0 Å². The Morgan fingerprint density at radius 2 is 1.81 bits per heavy atom. The first-order valence-electron chi connectivity index (χ1n) is 5.01. The van der Waals surface area contributed by atoms with Gasteiger partial charge in [0.05, 0.1) is 0 Å². The van der Waals surface area contributed by atoms with Crippen molar-refractivity contribution in [1.82, 2.24) is 0 Å². The SMILES string of the molecule is [Br][Hg][c]1cccc2c1Oc1ccccc1S2. The summed E-state index contributed by atoms with van der Waals surface area (Å²) in [7, 11) is 0. The van der Waals surface area contributed by atoms with E-state index in [1.807, 2.05) is 12.1 Å². The molecule has 0 unspecified atom stereocenters. The number of benzene rings is 2. The Morgan fingerprint density at radius 3 is 2.69 bits per heavy atom. The fourth-order valence-corrected chi connectivity index (χ4v) is 9.46. The van der Waals surface area contributed by atoms with Gasteiger partial charge in [0, 0.05) is 0 Å². The Bertz CT molecular complexity index is 544. The molecule has 0 N–H and O–H groups in total. The van der Waals surface area contributed by atoms with E-state index in [4.69, 9.17) is 4.74 Å². The van der Waals surface area contributed by atoms with E-state index in [1.165, 1.54) is 12.9 Å². The van der Waals surface area contributed by atoms with Gasteiger partial charge in [-0.1, -0.05) is 0 Å². The van der Waals surface area contributed by atoms with Gasteiger partial charge in [-0.3, -0.25) is 0 Å². The fourth-order valence-electron chi connectivity index (χ4n) is 1.71. The molecule has 3 rings (SSSR count). The van der Waals surface area contributed by atoms with Gasteiger partial charge in [-0.05, 0) is 0 Å². The van der Waals surface area contributed by atoms with Crippen LogP contribution in [0.3, 0.4) is 0 Å². The van der Waals surface area contributed by atoms with E-state index in [2.05, 4.69) is 42.2 Å². The van der Waals surface area contributed by atoms with Crippen LogP contribution in [-0.2, 0) is 22.1 Å². The number of halogens is 1. The van der Waals surface area contributed by atoms with Gasteiger partial charge in [0.1, 0.15) is 0 Å². The maximum atomic E-state index is 6.00. The molecule has 0 saturated heterocycles. The third-order valence-electron chi connectivity index (χ3n) is 2.49. The van der Waals surface area contributed by atoms with E-state index in [0.29, 0.717) is 0 Å². The fraction of sp³-hybridized carbons (Fsp3) is 0. The first-order valence-corrected chi connectivity index (χ1v) is 20.5. The maximum absolute atomic E-state index is 6.00. The van der Waals surface area contributed by atoms with Gasteiger partial charge >= 0.3 is 117 Å². The summed E-state index contributed by atoms with van der Waals surface area (Å²) < 4.78 is 7.42. The first-order chi connectivity index (χ1) is 7.88. The molecule has 1 heterocycles. The summed E-state index contributed by atoms with van der Waals surface area (Å²) in [6, 6.07) is 14.7. The molecular weight excluding hydrogens is 473 g/mol. The zero-order valence-corrected chi connectivity index (χ0v) is 16.3. The van der Waals surface area contributed by atoms with Crippen LogP contribution in [0.1, 0.15) is 0 Å². The zero-order valence-electron chi connectivity index (χ0n) is 8.44. The van der Waals surface area contributed by atoms with Crippen LogP contribution in [0.5, 0.6) is 11.5 Å². The molecule has 0 spiro atoms. The standard InChI is InChI=1S/C12H7OS.BrH.Hg/c1-3-7-11-9(5-1)13-10-6-2-4-8-12(10)14-11;;/h1-5,7-8H;1H;/q;;+1/p-1. The molecule has 4 heteroatoms. The molecule has 0 amide bonds. The third-order valence-corrected chi connectivity index (χ3v) is 12.2. The van der Waals surface area contributed by atoms with Gasteiger partial charge < -0.3 is 0 Å². The van der Waals surface area contributed by atoms with Crippen LogP contribution in [0.25, 0.3) is 0 Å². The van der Waals surface area contributed by atoms with E-state index in [9.17, 15) is 0 Å². The second-order valence-corrected chi connectivity index (χ2v) is 13.5. The van der Waals surface area contributed by atoms with Crippen molar-refractivity contribution in [3.63, 3.8) is 0 Å². The van der Waals surface area contributed by atoms with Crippen molar-refractivity contribution in [2.24, 2.45) is 0 Å². The zero-order chi connectivity index (χ0) is 11.0. The van der Waals surface area contributed by atoms with Gasteiger partial charge in [-0.2, -0.15) is 0 Å². The van der Waals surface area contributed by atoms with Gasteiger partial charge in [0.25, 0.3) is 0 Å². The van der Waals surface area contributed by atoms with Crippen LogP contribution in [0, 0.1) is 0 Å². The summed E-state index contributed by atoms with van der Waals surface area (Å²) >= 11 is 4.43. The predicted octanol–water partition coefficient (Wildman–Crippen LogP) is 3.96. The molecule has 76 valence electrons. The molecule has 0 saturated carbocycles. The van der Waals surface area contributed by atoms with Crippen molar-refractivity contribution >= 4 is 26.7 Å². The van der Waals surface area contributed by atoms with Crippen molar-refractivity contribution in [2.45, 2.75) is 9.79 Å². The Morgan fingerprint density at radius 1 is 1.00 bits per heavy atom. The Balaban J connectivity index is 2.12. The molecule has 2 aromatic rings. The third kappa shape index (κ3) is 1.93. The molecule has 0 bridgehead atoms. The molecule has 0 aliphatic carbocycles. The van der Waals surface area contributed by atoms with Crippen LogP contribution in [-0.4, -0.2) is 0 Å². The molecule has 0 fully saturated rings. The van der Waals surface area contributed by atoms with Gasteiger partial charge in [-0.15, -0.1) is 0 Å². The Kier molecular flexibility index (Phi) is 3.27. The number of hydrogen-bond donors (Lipinski definition) is 0. The van der Waals surface area contributed by atoms with E-state index < -0.39 is 22.1 Å². The van der Waals surface area contributed by atoms with Crippen LogP contribution in [0.2, 0.25) is 0 Å². The summed E-state index contributed by atoms with van der Waals surface area (Å²) in [5, 5.41) is 0. The van der Waals surface area contributed by atoms with Gasteiger partial charge in [0.15, 0.2) is 0 Å². The summed E-state index contributed by atoms with van der Waals surface area (Å²) in [5.74, 6) is 2.08. The molecule has 2 aromatic carbocycles. The average molecular weight is 480 g/mol. The molecule has 16 heavy (non-hydrogen) atoms. The summed E-state index contributed by atoms with van der Waals surface area (Å²) in [6.07, 6.45) is 0. The molecule has 0 aromatic heterocycles. The predicted molar refractivity (Wildman–Crippen MR) is 65.6 cm³/mol. The monoisotopic (exact) mass is 480 g/mol. The topological polar surface area (TPSA) is 9.23 Å². The molecule has 0 radical (unpaired) electrons. The van der Waals surface area contributed by atoms with Crippen LogP contribution >= 0.6 is 23.7 Å². The molecule has 1 aliphatic rings. The van der Waals surface area contributed by atoms with Crippen LogP contribution in [0.15, 0.2) is 52.3 Å². The Labute approximate surface area is 116 Å². The van der Waals surface area contributed by atoms with E-state index in [0.717, 1.165) is 11.5 Å². The second-order valence-electron chi connectivity index (χ2n) is 3.53. The minimum atomic E-state index is -1.09. The summed E-state index contributed by atoms with van der Waals surface area (Å²) in [6.45, 7) is 0. The number of ether oxygens (including phenoxy) is 1. The van der Waals surface area contributed by atoms with Crippen molar-refractivity contribution < 1.29 is 26.9 Å². The average Bonchev–Trinajstić information content (AvgIpc) is 2.35. The van der Waals surface area contributed by atoms with Gasteiger partial charge in [0.2, 0.25) is 0 Å². The van der Waals surface area contributed by atoms with E-state index >= 15 is 0 Å². The van der Waals surface area contributed by atoms with Crippen molar-refractivity contribution in [2.75, 3.05) is 0 Å². The van der Waals surface area contributed by atoms with Crippen LogP contribution < -0.4 is 7.81 Å². The number of para-hydroxylation sites is 2. The number of hydrogen-bond acceptors (Lipinski definition) is 2. The van der Waals surface area contributed by atoms with Crippen molar-refractivity contribution in [1.29, 1.82) is 0 Å². The van der Waals surface area contributed by atoms with Crippen molar-refractivity contribution in [3.8, 4) is 11.5 Å². The molecular formula is C12H7BrHgOS. The Hall–Kier alpha value is 0.00506. The quantitative estimate of drug-likeness (QED) is 0.489. The first kappa shape index (κ1) is 11.1. The van der Waals surface area contributed by atoms with E-state index in [1.54, 1.807) is 11.8 Å². The normalized spacial score (nSPS) is 12.1. The summed E-state index contributed by atoms with van der Waals surface area (Å²) in [5.41, 5.74) is 0. The van der Waals surface area contributed by atoms with Crippen LogP contribution in [0.4, 0.5) is 0 Å². The molecule has 0 atom stereocenters. The van der Waals surface area contributed by atoms with Gasteiger partial charge in [-0.25, -0.2) is 0 Å². The number of fused-ring (bicyclic) bond motifs is 2. The molecule has 1 nitrogen and oxygen atoms in total. The second kappa shape index (κ2) is 4.71. The summed E-state index contributed by atoms with van der Waals surface area (Å²) in [4.78, 5) is 2.45.